The van der Waals surface area contributed by atoms with Gasteiger partial charge in [-0.15, -0.1) is 0 Å². The first kappa shape index (κ1) is 16.4. The van der Waals surface area contributed by atoms with Crippen molar-refractivity contribution in [3.63, 3.8) is 0 Å². The number of carbonyl (C=O) groups is 3. The Labute approximate surface area is 116 Å². The molecular weight excluding hydrogens is 268 g/mol. The number of rotatable bonds is 7. The van der Waals surface area contributed by atoms with Crippen molar-refractivity contribution in [2.24, 2.45) is 0 Å². The van der Waals surface area contributed by atoms with Gasteiger partial charge in [0.05, 0.1) is 19.3 Å². The maximum atomic E-state index is 11.9. The topological polar surface area (TPSA) is 114 Å². The van der Waals surface area contributed by atoms with E-state index in [4.69, 9.17) is 9.84 Å². The Hall–Kier alpha value is -1.67. The zero-order valence-electron chi connectivity index (χ0n) is 11.5. The third-order valence-electron chi connectivity index (χ3n) is 3.22. The Bertz CT molecular complexity index is 373. The predicted molar refractivity (Wildman–Crippen MR) is 68.0 cm³/mol. The van der Waals surface area contributed by atoms with Crippen LogP contribution in [-0.4, -0.2) is 61.9 Å². The van der Waals surface area contributed by atoms with Gasteiger partial charge in [0.25, 0.3) is 0 Å². The van der Waals surface area contributed by atoms with E-state index in [9.17, 15) is 14.4 Å². The van der Waals surface area contributed by atoms with Gasteiger partial charge in [-0.2, -0.15) is 0 Å². The summed E-state index contributed by atoms with van der Waals surface area (Å²) in [6.45, 7) is 0.550. The molecule has 8 heteroatoms. The van der Waals surface area contributed by atoms with Crippen LogP contribution in [0.3, 0.4) is 0 Å². The second kappa shape index (κ2) is 7.81. The minimum Gasteiger partial charge on any atom is -0.480 e. The highest BCUT2D eigenvalue weighted by atomic mass is 16.5. The molecule has 0 aromatic rings. The number of hydrogen-bond acceptors (Lipinski definition) is 6. The van der Waals surface area contributed by atoms with E-state index < -0.39 is 29.9 Å². The van der Waals surface area contributed by atoms with Crippen LogP contribution < -0.4 is 10.6 Å². The summed E-state index contributed by atoms with van der Waals surface area (Å²) in [5, 5.41) is 14.4. The lowest BCUT2D eigenvalue weighted by Crippen LogP contribution is -2.48. The number of amides is 1. The molecule has 0 aromatic heterocycles. The lowest BCUT2D eigenvalue weighted by Gasteiger charge is -2.17. The molecule has 0 bridgehead atoms. The number of ether oxygens (including phenoxy) is 2. The first-order chi connectivity index (χ1) is 9.47. The quantitative estimate of drug-likeness (QED) is 0.509. The maximum Gasteiger partial charge on any atom is 0.326 e. The SMILES string of the molecule is COC(=O)CC[C@@H](NC(=O)C1CC(OC)CN1)C(=O)O. The Morgan fingerprint density at radius 3 is 2.60 bits per heavy atom. The zero-order chi connectivity index (χ0) is 15.1. The molecule has 8 nitrogen and oxygen atoms in total. The predicted octanol–water partition coefficient (Wildman–Crippen LogP) is -1.11. The van der Waals surface area contributed by atoms with Gasteiger partial charge in [0.1, 0.15) is 6.04 Å². The van der Waals surface area contributed by atoms with Crippen molar-refractivity contribution in [3.8, 4) is 0 Å². The fourth-order valence-electron chi connectivity index (χ4n) is 1.98. The summed E-state index contributed by atoms with van der Waals surface area (Å²) in [5.74, 6) is -2.09. The summed E-state index contributed by atoms with van der Waals surface area (Å²) in [4.78, 5) is 34.0. The highest BCUT2D eigenvalue weighted by molar-refractivity contribution is 5.87. The molecule has 0 aromatic carbocycles. The number of methoxy groups -OCH3 is 2. The first-order valence-corrected chi connectivity index (χ1v) is 6.34. The molecule has 1 saturated heterocycles. The van der Waals surface area contributed by atoms with Crippen LogP contribution in [0.15, 0.2) is 0 Å². The van der Waals surface area contributed by atoms with Crippen molar-refractivity contribution in [2.45, 2.75) is 37.5 Å². The van der Waals surface area contributed by atoms with Gasteiger partial charge in [0.2, 0.25) is 5.91 Å². The van der Waals surface area contributed by atoms with Crippen molar-refractivity contribution in [1.82, 2.24) is 10.6 Å². The van der Waals surface area contributed by atoms with Crippen molar-refractivity contribution in [2.75, 3.05) is 20.8 Å². The van der Waals surface area contributed by atoms with E-state index >= 15 is 0 Å². The Morgan fingerprint density at radius 2 is 2.10 bits per heavy atom. The van der Waals surface area contributed by atoms with Crippen LogP contribution in [0.1, 0.15) is 19.3 Å². The molecule has 0 spiro atoms. The van der Waals surface area contributed by atoms with Gasteiger partial charge >= 0.3 is 11.9 Å². The highest BCUT2D eigenvalue weighted by Crippen LogP contribution is 2.10. The lowest BCUT2D eigenvalue weighted by molar-refractivity contribution is -0.144. The van der Waals surface area contributed by atoms with Crippen LogP contribution in [0, 0.1) is 0 Å². The van der Waals surface area contributed by atoms with E-state index in [0.29, 0.717) is 13.0 Å². The molecule has 3 N–H and O–H groups in total. The third kappa shape index (κ3) is 4.78. The minimum absolute atomic E-state index is 0.00578. The molecule has 1 heterocycles. The summed E-state index contributed by atoms with van der Waals surface area (Å²) in [5.41, 5.74) is 0. The van der Waals surface area contributed by atoms with Crippen molar-refractivity contribution in [1.29, 1.82) is 0 Å². The Morgan fingerprint density at radius 1 is 1.40 bits per heavy atom. The molecule has 1 aliphatic rings. The van der Waals surface area contributed by atoms with Crippen LogP contribution >= 0.6 is 0 Å². The van der Waals surface area contributed by atoms with E-state index in [0.717, 1.165) is 0 Å². The molecular formula is C12H20N2O6. The molecule has 20 heavy (non-hydrogen) atoms. The van der Waals surface area contributed by atoms with Crippen molar-refractivity contribution in [3.05, 3.63) is 0 Å². The smallest absolute Gasteiger partial charge is 0.326 e. The van der Waals surface area contributed by atoms with Gasteiger partial charge in [0, 0.05) is 20.1 Å². The van der Waals surface area contributed by atoms with E-state index in [1.54, 1.807) is 7.11 Å². The van der Waals surface area contributed by atoms with Gasteiger partial charge < -0.3 is 25.2 Å². The Kier molecular flexibility index (Phi) is 6.40. The molecule has 0 radical (unpaired) electrons. The second-order valence-electron chi connectivity index (χ2n) is 4.57. The number of carbonyl (C=O) groups excluding carboxylic acids is 2. The summed E-state index contributed by atoms with van der Waals surface area (Å²) in [6.07, 6.45) is 0.371. The van der Waals surface area contributed by atoms with Crippen LogP contribution in [0.4, 0.5) is 0 Å². The van der Waals surface area contributed by atoms with Crippen LogP contribution in [0.25, 0.3) is 0 Å². The number of nitrogens with one attached hydrogen (secondary N) is 2. The average Bonchev–Trinajstić information content (AvgIpc) is 2.91. The fourth-order valence-corrected chi connectivity index (χ4v) is 1.98. The number of aliphatic carboxylic acids is 1. The standard InChI is InChI=1S/C12H20N2O6/c1-19-7-5-9(13-6-7)11(16)14-8(12(17)18)3-4-10(15)20-2/h7-9,13H,3-6H2,1-2H3,(H,14,16)(H,17,18)/t7?,8-,9?/m1/s1. The van der Waals surface area contributed by atoms with E-state index in [1.165, 1.54) is 7.11 Å². The van der Waals surface area contributed by atoms with Crippen molar-refractivity contribution >= 4 is 17.8 Å². The molecule has 114 valence electrons. The number of carboxylic acid groups (broad SMARTS) is 1. The van der Waals surface area contributed by atoms with E-state index in [1.807, 2.05) is 0 Å². The number of esters is 1. The molecule has 0 aliphatic carbocycles. The first-order valence-electron chi connectivity index (χ1n) is 6.34. The van der Waals surface area contributed by atoms with Crippen LogP contribution in [0.5, 0.6) is 0 Å². The number of hydrogen-bond donors (Lipinski definition) is 3. The molecule has 1 aliphatic heterocycles. The summed E-state index contributed by atoms with van der Waals surface area (Å²) in [6, 6.07) is -1.58. The normalized spacial score (nSPS) is 23.1. The largest absolute Gasteiger partial charge is 0.480 e. The van der Waals surface area contributed by atoms with Gasteiger partial charge in [0.15, 0.2) is 0 Å². The second-order valence-corrected chi connectivity index (χ2v) is 4.57. The highest BCUT2D eigenvalue weighted by Gasteiger charge is 2.31. The van der Waals surface area contributed by atoms with Crippen molar-refractivity contribution < 1.29 is 29.0 Å². The molecule has 1 rings (SSSR count). The molecule has 3 atom stereocenters. The molecule has 1 fully saturated rings. The zero-order valence-corrected chi connectivity index (χ0v) is 11.5. The summed E-state index contributed by atoms with van der Waals surface area (Å²) in [7, 11) is 2.78. The van der Waals surface area contributed by atoms with Crippen LogP contribution in [-0.2, 0) is 23.9 Å². The molecule has 0 saturated carbocycles. The van der Waals surface area contributed by atoms with Gasteiger partial charge in [-0.05, 0) is 12.8 Å². The summed E-state index contributed by atoms with van der Waals surface area (Å²) < 4.78 is 9.56. The van der Waals surface area contributed by atoms with E-state index in [2.05, 4.69) is 15.4 Å². The fraction of sp³-hybridized carbons (Fsp3) is 0.750. The minimum atomic E-state index is -1.18. The molecule has 1 amide bonds. The van der Waals surface area contributed by atoms with Gasteiger partial charge in [-0.3, -0.25) is 9.59 Å². The van der Waals surface area contributed by atoms with Gasteiger partial charge in [-0.1, -0.05) is 0 Å². The van der Waals surface area contributed by atoms with Gasteiger partial charge in [-0.25, -0.2) is 4.79 Å². The molecule has 2 unspecified atom stereocenters. The van der Waals surface area contributed by atoms with E-state index in [-0.39, 0.29) is 18.9 Å². The monoisotopic (exact) mass is 288 g/mol. The number of carboxylic acids is 1. The lowest BCUT2D eigenvalue weighted by atomic mass is 10.1. The maximum absolute atomic E-state index is 11.9. The van der Waals surface area contributed by atoms with Crippen LogP contribution in [0.2, 0.25) is 0 Å². The Balaban J connectivity index is 2.47. The average molecular weight is 288 g/mol. The third-order valence-corrected chi connectivity index (χ3v) is 3.22. The summed E-state index contributed by atoms with van der Waals surface area (Å²) >= 11 is 0.